The lowest BCUT2D eigenvalue weighted by atomic mass is 10.1. The van der Waals surface area contributed by atoms with Crippen LogP contribution in [0.3, 0.4) is 0 Å². The maximum absolute atomic E-state index is 14.2. The van der Waals surface area contributed by atoms with Gasteiger partial charge in [0, 0.05) is 31.7 Å². The number of ether oxygens (including phenoxy) is 1. The minimum atomic E-state index is -4.95. The number of carbonyl (C=O) groups excluding carboxylic acids is 2. The summed E-state index contributed by atoms with van der Waals surface area (Å²) in [5.41, 5.74) is -1.15. The van der Waals surface area contributed by atoms with Crippen molar-refractivity contribution in [3.05, 3.63) is 76.9 Å². The van der Waals surface area contributed by atoms with Gasteiger partial charge in [-0.2, -0.15) is 18.3 Å². The van der Waals surface area contributed by atoms with E-state index in [1.54, 1.807) is 18.2 Å². The molecular formula is C24H22F4N4O3. The second kappa shape index (κ2) is 9.40. The summed E-state index contributed by atoms with van der Waals surface area (Å²) in [5.74, 6) is -1.49. The molecule has 3 aromatic rings. The van der Waals surface area contributed by atoms with E-state index in [1.165, 1.54) is 29.0 Å². The highest BCUT2D eigenvalue weighted by atomic mass is 19.4. The smallest absolute Gasteiger partial charge is 0.434 e. The molecule has 1 aliphatic heterocycles. The van der Waals surface area contributed by atoms with E-state index >= 15 is 0 Å². The lowest BCUT2D eigenvalue weighted by Gasteiger charge is -2.35. The predicted molar refractivity (Wildman–Crippen MR) is 118 cm³/mol. The summed E-state index contributed by atoms with van der Waals surface area (Å²) in [6, 6.07) is 9.94. The number of aryl methyl sites for hydroxylation is 1. The molecular weight excluding hydrogens is 468 g/mol. The maximum atomic E-state index is 14.2. The molecule has 0 radical (unpaired) electrons. The second-order valence-electron chi connectivity index (χ2n) is 8.04. The minimum Gasteiger partial charge on any atom is -0.496 e. The molecule has 2 aromatic carbocycles. The number of alkyl halides is 3. The Kier molecular flexibility index (Phi) is 6.51. The monoisotopic (exact) mass is 490 g/mol. The summed E-state index contributed by atoms with van der Waals surface area (Å²) >= 11 is 0. The van der Waals surface area contributed by atoms with Gasteiger partial charge in [0.15, 0.2) is 5.69 Å². The van der Waals surface area contributed by atoms with Crippen LogP contribution in [0.1, 0.15) is 32.0 Å². The van der Waals surface area contributed by atoms with E-state index < -0.39 is 34.8 Å². The Bertz CT molecular complexity index is 1260. The van der Waals surface area contributed by atoms with Crippen LogP contribution in [0, 0.1) is 12.7 Å². The summed E-state index contributed by atoms with van der Waals surface area (Å²) in [6.45, 7) is 2.21. The molecule has 2 amide bonds. The third kappa shape index (κ3) is 4.71. The van der Waals surface area contributed by atoms with Gasteiger partial charge in [0.05, 0.1) is 18.9 Å². The first-order chi connectivity index (χ1) is 16.6. The van der Waals surface area contributed by atoms with Crippen molar-refractivity contribution >= 4 is 11.8 Å². The number of hydrogen-bond acceptors (Lipinski definition) is 4. The predicted octanol–water partition coefficient (Wildman–Crippen LogP) is 3.95. The molecule has 0 spiro atoms. The van der Waals surface area contributed by atoms with E-state index in [4.69, 9.17) is 4.74 Å². The number of carbonyl (C=O) groups is 2. The molecule has 184 valence electrons. The number of methoxy groups -OCH3 is 1. The fourth-order valence-corrected chi connectivity index (χ4v) is 4.00. The van der Waals surface area contributed by atoms with Crippen molar-refractivity contribution in [2.45, 2.75) is 13.1 Å². The van der Waals surface area contributed by atoms with Crippen LogP contribution in [-0.4, -0.2) is 64.7 Å². The van der Waals surface area contributed by atoms with Crippen LogP contribution < -0.4 is 4.74 Å². The van der Waals surface area contributed by atoms with Crippen LogP contribution >= 0.6 is 0 Å². The Morgan fingerprint density at radius 1 is 0.971 bits per heavy atom. The normalized spacial score (nSPS) is 14.2. The van der Waals surface area contributed by atoms with Gasteiger partial charge in [-0.1, -0.05) is 18.2 Å². The molecule has 0 aliphatic carbocycles. The van der Waals surface area contributed by atoms with Crippen molar-refractivity contribution in [2.75, 3.05) is 33.3 Å². The first kappa shape index (κ1) is 24.2. The van der Waals surface area contributed by atoms with Gasteiger partial charge in [0.1, 0.15) is 17.3 Å². The Morgan fingerprint density at radius 2 is 1.60 bits per heavy atom. The number of amides is 2. The molecule has 0 N–H and O–H groups in total. The summed E-state index contributed by atoms with van der Waals surface area (Å²) in [5, 5.41) is 3.67. The number of hydrogen-bond donors (Lipinski definition) is 0. The van der Waals surface area contributed by atoms with E-state index in [9.17, 15) is 27.2 Å². The first-order valence-electron chi connectivity index (χ1n) is 10.7. The molecule has 0 saturated carbocycles. The topological polar surface area (TPSA) is 67.7 Å². The average molecular weight is 490 g/mol. The summed E-state index contributed by atoms with van der Waals surface area (Å²) < 4.78 is 61.6. The average Bonchev–Trinajstić information content (AvgIpc) is 3.29. The Balaban J connectivity index is 1.53. The number of nitrogens with zero attached hydrogens (tertiary/aromatic N) is 4. The summed E-state index contributed by atoms with van der Waals surface area (Å²) in [4.78, 5) is 28.7. The van der Waals surface area contributed by atoms with Crippen molar-refractivity contribution in [3.8, 4) is 11.4 Å². The van der Waals surface area contributed by atoms with Crippen LogP contribution in [0.2, 0.25) is 0 Å². The van der Waals surface area contributed by atoms with Crippen molar-refractivity contribution in [1.82, 2.24) is 19.6 Å². The number of halogens is 4. The summed E-state index contributed by atoms with van der Waals surface area (Å²) in [6.07, 6.45) is -4.15. The lowest BCUT2D eigenvalue weighted by Crippen LogP contribution is -2.50. The lowest BCUT2D eigenvalue weighted by molar-refractivity contribution is -0.143. The molecule has 0 unspecified atom stereocenters. The van der Waals surface area contributed by atoms with Crippen LogP contribution in [0.4, 0.5) is 17.6 Å². The van der Waals surface area contributed by atoms with Crippen LogP contribution in [0.15, 0.2) is 48.7 Å². The van der Waals surface area contributed by atoms with Gasteiger partial charge in [-0.15, -0.1) is 0 Å². The highest BCUT2D eigenvalue weighted by molar-refractivity contribution is 5.97. The Hall–Kier alpha value is -3.89. The fraction of sp³-hybridized carbons (Fsp3) is 0.292. The zero-order valence-corrected chi connectivity index (χ0v) is 19.0. The van der Waals surface area contributed by atoms with Crippen molar-refractivity contribution in [2.24, 2.45) is 0 Å². The number of piperazine rings is 1. The number of aromatic nitrogens is 2. The van der Waals surface area contributed by atoms with E-state index in [0.29, 0.717) is 16.0 Å². The molecule has 1 fully saturated rings. The third-order valence-corrected chi connectivity index (χ3v) is 5.86. The number of rotatable bonds is 4. The molecule has 11 heteroatoms. The van der Waals surface area contributed by atoms with Crippen LogP contribution in [0.5, 0.6) is 5.75 Å². The van der Waals surface area contributed by atoms with Crippen molar-refractivity contribution < 1.29 is 31.9 Å². The van der Waals surface area contributed by atoms with Crippen molar-refractivity contribution in [3.63, 3.8) is 0 Å². The van der Waals surface area contributed by atoms with Crippen molar-refractivity contribution in [1.29, 1.82) is 0 Å². The number of para-hydroxylation sites is 1. The molecule has 35 heavy (non-hydrogen) atoms. The SMILES string of the molecule is COc1cc(C(=O)N2CCN(C(=O)c3cnn(-c4ccccc4F)c3C(F)(F)F)CC2)ccc1C. The minimum absolute atomic E-state index is 0.0374. The second-order valence-corrected chi connectivity index (χ2v) is 8.04. The van der Waals surface area contributed by atoms with E-state index in [2.05, 4.69) is 5.10 Å². The van der Waals surface area contributed by atoms with Crippen LogP contribution in [-0.2, 0) is 6.18 Å². The molecule has 1 aromatic heterocycles. The van der Waals surface area contributed by atoms with E-state index in [-0.39, 0.29) is 32.1 Å². The zero-order chi connectivity index (χ0) is 25.3. The van der Waals surface area contributed by atoms with Crippen LogP contribution in [0.25, 0.3) is 5.69 Å². The van der Waals surface area contributed by atoms with E-state index in [1.807, 2.05) is 6.92 Å². The molecule has 7 nitrogen and oxygen atoms in total. The van der Waals surface area contributed by atoms with E-state index in [0.717, 1.165) is 23.9 Å². The molecule has 1 aliphatic rings. The van der Waals surface area contributed by atoms with Gasteiger partial charge in [-0.3, -0.25) is 9.59 Å². The Labute approximate surface area is 198 Å². The fourth-order valence-electron chi connectivity index (χ4n) is 4.00. The highest BCUT2D eigenvalue weighted by Crippen LogP contribution is 2.35. The zero-order valence-electron chi connectivity index (χ0n) is 19.0. The van der Waals surface area contributed by atoms with Gasteiger partial charge in [0.2, 0.25) is 0 Å². The standard InChI is InChI=1S/C24H22F4N4O3/c1-15-7-8-16(13-20(15)35-2)22(33)30-9-11-31(12-10-30)23(34)17-14-29-32(21(17)24(26,27)28)19-6-4-3-5-18(19)25/h3-8,13-14H,9-12H2,1-2H3. The molecule has 1 saturated heterocycles. The Morgan fingerprint density at radius 3 is 2.20 bits per heavy atom. The van der Waals surface area contributed by atoms with Gasteiger partial charge in [-0.05, 0) is 36.8 Å². The highest BCUT2D eigenvalue weighted by Gasteiger charge is 2.42. The van der Waals surface area contributed by atoms with Gasteiger partial charge in [0.25, 0.3) is 11.8 Å². The molecule has 4 rings (SSSR count). The number of benzene rings is 2. The summed E-state index contributed by atoms with van der Waals surface area (Å²) in [7, 11) is 1.50. The molecule has 0 bridgehead atoms. The maximum Gasteiger partial charge on any atom is 0.434 e. The van der Waals surface area contributed by atoms with Gasteiger partial charge in [-0.25, -0.2) is 9.07 Å². The van der Waals surface area contributed by atoms with Gasteiger partial charge >= 0.3 is 6.18 Å². The third-order valence-electron chi connectivity index (χ3n) is 5.86. The van der Waals surface area contributed by atoms with Gasteiger partial charge < -0.3 is 14.5 Å². The quantitative estimate of drug-likeness (QED) is 0.520. The first-order valence-corrected chi connectivity index (χ1v) is 10.7. The molecule has 2 heterocycles. The molecule has 0 atom stereocenters. The largest absolute Gasteiger partial charge is 0.496 e.